The van der Waals surface area contributed by atoms with E-state index in [1.54, 1.807) is 0 Å². The fraction of sp³-hybridized carbons (Fsp3) is 0.722. The third-order valence-corrected chi connectivity index (χ3v) is 5.57. The lowest BCUT2D eigenvalue weighted by molar-refractivity contribution is 0.531. The van der Waals surface area contributed by atoms with Crippen LogP contribution >= 0.6 is 11.8 Å². The minimum absolute atomic E-state index is 0.240. The van der Waals surface area contributed by atoms with Gasteiger partial charge < -0.3 is 0 Å². The van der Waals surface area contributed by atoms with Gasteiger partial charge in [0.15, 0.2) is 0 Å². The molecule has 20 heavy (non-hydrogen) atoms. The van der Waals surface area contributed by atoms with Crippen molar-refractivity contribution in [3.8, 4) is 0 Å². The van der Waals surface area contributed by atoms with Crippen molar-refractivity contribution in [1.29, 1.82) is 0 Å². The van der Waals surface area contributed by atoms with Crippen LogP contribution in [0.15, 0.2) is 26.5 Å². The molecule has 0 aromatic carbocycles. The lowest BCUT2D eigenvalue weighted by Crippen LogP contribution is -2.15. The predicted octanol–water partition coefficient (Wildman–Crippen LogP) is 6.22. The summed E-state index contributed by atoms with van der Waals surface area (Å²) in [6.07, 6.45) is 5.82. The first-order valence-corrected chi connectivity index (χ1v) is 8.73. The Morgan fingerprint density at radius 1 is 1.35 bits per heavy atom. The van der Waals surface area contributed by atoms with Crippen molar-refractivity contribution >= 4 is 17.5 Å². The Bertz CT molecular complexity index is 421. The van der Waals surface area contributed by atoms with E-state index in [0.29, 0.717) is 0 Å². The Balaban J connectivity index is 3.09. The van der Waals surface area contributed by atoms with E-state index >= 15 is 0 Å². The second kappa shape index (κ2) is 7.49. The second-order valence-corrected chi connectivity index (χ2v) is 7.92. The summed E-state index contributed by atoms with van der Waals surface area (Å²) in [5.41, 5.74) is 3.06. The van der Waals surface area contributed by atoms with Crippen LogP contribution in [0.3, 0.4) is 0 Å². The van der Waals surface area contributed by atoms with Gasteiger partial charge in [-0.1, -0.05) is 64.5 Å². The largest absolute Gasteiger partial charge is 0.289 e. The van der Waals surface area contributed by atoms with Crippen molar-refractivity contribution in [3.63, 3.8) is 0 Å². The molecule has 1 aliphatic rings. The van der Waals surface area contributed by atoms with Gasteiger partial charge in [-0.15, -0.1) is 0 Å². The zero-order chi connectivity index (χ0) is 15.3. The topological polar surface area (TPSA) is 12.4 Å². The maximum absolute atomic E-state index is 4.73. The highest BCUT2D eigenvalue weighted by molar-refractivity contribution is 8.07. The Morgan fingerprint density at radius 2 is 2.00 bits per heavy atom. The molecule has 0 N–H and O–H groups in total. The summed E-state index contributed by atoms with van der Waals surface area (Å²) >= 11 is 1.96. The predicted molar refractivity (Wildman–Crippen MR) is 94.5 cm³/mol. The number of allylic oxidation sites excluding steroid dienone is 4. The smallest absolute Gasteiger partial charge is 0.0524 e. The van der Waals surface area contributed by atoms with E-state index in [2.05, 4.69) is 54.5 Å². The lowest BCUT2D eigenvalue weighted by Gasteiger charge is -2.29. The van der Waals surface area contributed by atoms with Crippen LogP contribution in [0.1, 0.15) is 67.7 Å². The minimum atomic E-state index is 0.240. The van der Waals surface area contributed by atoms with Crippen LogP contribution in [-0.4, -0.2) is 12.3 Å². The van der Waals surface area contributed by atoms with E-state index < -0.39 is 0 Å². The minimum Gasteiger partial charge on any atom is -0.289 e. The van der Waals surface area contributed by atoms with Crippen LogP contribution in [0.5, 0.6) is 0 Å². The van der Waals surface area contributed by atoms with Crippen molar-refractivity contribution in [1.82, 2.24) is 0 Å². The summed E-state index contributed by atoms with van der Waals surface area (Å²) in [7, 11) is 0. The standard InChI is InChI=1S/C18H31NS/c1-8-13(3)12-14(4)17-15(19-9-2)10-11-16(20-17)18(5,6)7/h11,13H,8-10,12H2,1-7H3/b17-14+,19-15?/t13-/m0/s1. The van der Waals surface area contributed by atoms with Gasteiger partial charge in [-0.05, 0) is 36.5 Å². The molecule has 0 radical (unpaired) electrons. The van der Waals surface area contributed by atoms with E-state index in [1.165, 1.54) is 33.9 Å². The third-order valence-electron chi connectivity index (χ3n) is 3.78. The summed E-state index contributed by atoms with van der Waals surface area (Å²) in [4.78, 5) is 7.66. The van der Waals surface area contributed by atoms with Gasteiger partial charge in [0.1, 0.15) is 0 Å². The van der Waals surface area contributed by atoms with Gasteiger partial charge in [-0.25, -0.2) is 0 Å². The van der Waals surface area contributed by atoms with Crippen molar-refractivity contribution in [2.45, 2.75) is 67.7 Å². The van der Waals surface area contributed by atoms with Crippen LogP contribution in [0.4, 0.5) is 0 Å². The first kappa shape index (κ1) is 17.6. The Kier molecular flexibility index (Phi) is 6.57. The van der Waals surface area contributed by atoms with Crippen LogP contribution in [0, 0.1) is 11.3 Å². The summed E-state index contributed by atoms with van der Waals surface area (Å²) < 4.78 is 0. The SMILES string of the molecule is CCN=C1CC=C(C(C)(C)C)S/C1=C(\C)C[C@@H](C)CC. The number of nitrogens with zero attached hydrogens (tertiary/aromatic N) is 1. The molecule has 0 fully saturated rings. The first-order valence-electron chi connectivity index (χ1n) is 7.91. The normalized spacial score (nSPS) is 22.8. The van der Waals surface area contributed by atoms with E-state index in [4.69, 9.17) is 4.99 Å². The second-order valence-electron chi connectivity index (χ2n) is 6.87. The Hall–Kier alpha value is -0.500. The average molecular weight is 294 g/mol. The van der Waals surface area contributed by atoms with Crippen LogP contribution in [-0.2, 0) is 0 Å². The molecule has 114 valence electrons. The molecule has 0 saturated heterocycles. The molecule has 2 heteroatoms. The Morgan fingerprint density at radius 3 is 2.50 bits per heavy atom. The number of thioether (sulfide) groups is 1. The highest BCUT2D eigenvalue weighted by atomic mass is 32.2. The van der Waals surface area contributed by atoms with E-state index in [9.17, 15) is 0 Å². The fourth-order valence-electron chi connectivity index (χ4n) is 2.37. The van der Waals surface area contributed by atoms with Crippen molar-refractivity contribution in [2.75, 3.05) is 6.54 Å². The molecule has 1 atom stereocenters. The summed E-state index contributed by atoms with van der Waals surface area (Å²) in [5, 5.41) is 0. The quantitative estimate of drug-likeness (QED) is 0.599. The molecule has 0 spiro atoms. The molecular formula is C18H31NS. The van der Waals surface area contributed by atoms with Gasteiger partial charge in [0, 0.05) is 17.9 Å². The monoisotopic (exact) mass is 293 g/mol. The molecule has 0 aromatic rings. The maximum atomic E-state index is 4.73. The lowest BCUT2D eigenvalue weighted by atomic mass is 9.94. The van der Waals surface area contributed by atoms with Gasteiger partial charge in [0.25, 0.3) is 0 Å². The zero-order valence-electron chi connectivity index (χ0n) is 14.3. The molecule has 0 amide bonds. The Labute approximate surface area is 130 Å². The molecule has 0 aromatic heterocycles. The molecule has 0 bridgehead atoms. The number of hydrogen-bond acceptors (Lipinski definition) is 2. The molecule has 1 heterocycles. The van der Waals surface area contributed by atoms with E-state index in [1.807, 2.05) is 11.8 Å². The fourth-order valence-corrected chi connectivity index (χ4v) is 3.59. The van der Waals surface area contributed by atoms with Gasteiger partial charge >= 0.3 is 0 Å². The third kappa shape index (κ3) is 4.80. The highest BCUT2D eigenvalue weighted by Gasteiger charge is 2.25. The maximum Gasteiger partial charge on any atom is 0.0524 e. The molecule has 1 rings (SSSR count). The van der Waals surface area contributed by atoms with Crippen LogP contribution in [0.2, 0.25) is 0 Å². The van der Waals surface area contributed by atoms with Crippen molar-refractivity contribution in [3.05, 3.63) is 21.5 Å². The number of rotatable bonds is 4. The summed E-state index contributed by atoms with van der Waals surface area (Å²) in [5.74, 6) is 0.759. The number of aliphatic imine (C=N–C) groups is 1. The molecule has 1 nitrogen and oxygen atoms in total. The molecule has 0 saturated carbocycles. The first-order chi connectivity index (χ1) is 9.29. The van der Waals surface area contributed by atoms with E-state index in [-0.39, 0.29) is 5.41 Å². The average Bonchev–Trinajstić information content (AvgIpc) is 2.37. The number of hydrogen-bond donors (Lipinski definition) is 0. The van der Waals surface area contributed by atoms with Gasteiger partial charge in [-0.2, -0.15) is 0 Å². The van der Waals surface area contributed by atoms with Crippen LogP contribution in [0.25, 0.3) is 0 Å². The van der Waals surface area contributed by atoms with Crippen molar-refractivity contribution in [2.24, 2.45) is 16.3 Å². The highest BCUT2D eigenvalue weighted by Crippen LogP contribution is 2.44. The van der Waals surface area contributed by atoms with Gasteiger partial charge in [0.2, 0.25) is 0 Å². The molecule has 1 aliphatic heterocycles. The van der Waals surface area contributed by atoms with Crippen LogP contribution < -0.4 is 0 Å². The zero-order valence-corrected chi connectivity index (χ0v) is 15.2. The summed E-state index contributed by atoms with van der Waals surface area (Å²) in [6.45, 7) is 16.8. The van der Waals surface area contributed by atoms with Crippen molar-refractivity contribution < 1.29 is 0 Å². The van der Waals surface area contributed by atoms with Gasteiger partial charge in [0.05, 0.1) is 5.71 Å². The molecule has 0 aliphatic carbocycles. The van der Waals surface area contributed by atoms with Gasteiger partial charge in [-0.3, -0.25) is 4.99 Å². The van der Waals surface area contributed by atoms with E-state index in [0.717, 1.165) is 18.9 Å². The summed E-state index contributed by atoms with van der Waals surface area (Å²) in [6, 6.07) is 0. The molecular weight excluding hydrogens is 262 g/mol. The molecule has 0 unspecified atom stereocenters.